The molecule has 4 nitrogen and oxygen atoms in total. The summed E-state index contributed by atoms with van der Waals surface area (Å²) in [6.45, 7) is 1.92. The van der Waals surface area contributed by atoms with Crippen LogP contribution in [0, 0.1) is 11.3 Å². The molecule has 1 aromatic heterocycles. The average Bonchev–Trinajstić information content (AvgIpc) is 3.04. The molecule has 2 aromatic carbocycles. The summed E-state index contributed by atoms with van der Waals surface area (Å²) >= 11 is 0. The number of para-hydroxylation sites is 1. The maximum Gasteiger partial charge on any atom is 0.254 e. The molecule has 0 saturated carbocycles. The number of furan rings is 1. The first-order valence-electron chi connectivity index (χ1n) is 7.36. The molecule has 0 saturated heterocycles. The fraction of sp³-hybridized carbons (Fsp3) is 0.158. The van der Waals surface area contributed by atoms with Crippen LogP contribution in [0.2, 0.25) is 0 Å². The van der Waals surface area contributed by atoms with Crippen LogP contribution >= 0.6 is 0 Å². The second kappa shape index (κ2) is 5.98. The normalized spacial score (nSPS) is 11.9. The van der Waals surface area contributed by atoms with Crippen LogP contribution in [0.5, 0.6) is 0 Å². The van der Waals surface area contributed by atoms with Gasteiger partial charge in [0, 0.05) is 18.0 Å². The zero-order chi connectivity index (χ0) is 16.4. The molecule has 23 heavy (non-hydrogen) atoms. The monoisotopic (exact) mass is 304 g/mol. The molecule has 0 fully saturated rings. The first-order valence-corrected chi connectivity index (χ1v) is 7.36. The van der Waals surface area contributed by atoms with Crippen molar-refractivity contribution in [3.8, 4) is 6.07 Å². The summed E-state index contributed by atoms with van der Waals surface area (Å²) < 4.78 is 5.84. The van der Waals surface area contributed by atoms with Gasteiger partial charge in [0.2, 0.25) is 0 Å². The number of fused-ring (bicyclic) bond motifs is 1. The van der Waals surface area contributed by atoms with Crippen molar-refractivity contribution in [3.05, 3.63) is 71.5 Å². The van der Waals surface area contributed by atoms with Gasteiger partial charge < -0.3 is 9.32 Å². The van der Waals surface area contributed by atoms with Crippen LogP contribution in [0.1, 0.15) is 34.6 Å². The lowest BCUT2D eigenvalue weighted by atomic mass is 10.1. The van der Waals surface area contributed by atoms with Crippen molar-refractivity contribution in [2.24, 2.45) is 0 Å². The Morgan fingerprint density at radius 3 is 2.70 bits per heavy atom. The van der Waals surface area contributed by atoms with Crippen LogP contribution in [0.3, 0.4) is 0 Å². The van der Waals surface area contributed by atoms with Crippen molar-refractivity contribution in [2.45, 2.75) is 13.0 Å². The van der Waals surface area contributed by atoms with Crippen LogP contribution in [0.4, 0.5) is 0 Å². The summed E-state index contributed by atoms with van der Waals surface area (Å²) in [7, 11) is 1.74. The van der Waals surface area contributed by atoms with Crippen molar-refractivity contribution < 1.29 is 9.21 Å². The summed E-state index contributed by atoms with van der Waals surface area (Å²) in [5, 5.41) is 9.98. The topological polar surface area (TPSA) is 57.2 Å². The Balaban J connectivity index is 1.87. The van der Waals surface area contributed by atoms with Crippen LogP contribution in [0.15, 0.2) is 59.0 Å². The van der Waals surface area contributed by atoms with Gasteiger partial charge >= 0.3 is 0 Å². The average molecular weight is 304 g/mol. The molecule has 0 aliphatic rings. The zero-order valence-corrected chi connectivity index (χ0v) is 13.0. The van der Waals surface area contributed by atoms with E-state index in [1.165, 1.54) is 0 Å². The predicted molar refractivity (Wildman–Crippen MR) is 87.9 cm³/mol. The Labute approximate surface area is 134 Å². The maximum atomic E-state index is 12.6. The lowest BCUT2D eigenvalue weighted by Crippen LogP contribution is -2.29. The SMILES string of the molecule is CC(c1cc2ccccc2o1)N(C)C(=O)c1cccc(C#N)c1. The molecule has 114 valence electrons. The molecular formula is C19H16N2O2. The molecule has 0 aliphatic heterocycles. The smallest absolute Gasteiger partial charge is 0.254 e. The summed E-state index contributed by atoms with van der Waals surface area (Å²) in [4.78, 5) is 14.2. The highest BCUT2D eigenvalue weighted by Crippen LogP contribution is 2.27. The minimum Gasteiger partial charge on any atom is -0.459 e. The van der Waals surface area contributed by atoms with Crippen molar-refractivity contribution in [1.82, 2.24) is 4.90 Å². The van der Waals surface area contributed by atoms with E-state index < -0.39 is 0 Å². The number of nitrogens with zero attached hydrogens (tertiary/aromatic N) is 2. The number of nitriles is 1. The molecule has 0 aliphatic carbocycles. The fourth-order valence-electron chi connectivity index (χ4n) is 2.50. The standard InChI is InChI=1S/C19H16N2O2/c1-13(18-11-15-7-3-4-9-17(15)23-18)21(2)19(22)16-8-5-6-14(10-16)12-20/h3-11,13H,1-2H3. The highest BCUT2D eigenvalue weighted by molar-refractivity contribution is 5.94. The third kappa shape index (κ3) is 2.82. The van der Waals surface area contributed by atoms with Gasteiger partial charge in [-0.05, 0) is 37.3 Å². The second-order valence-corrected chi connectivity index (χ2v) is 5.47. The van der Waals surface area contributed by atoms with E-state index in [1.807, 2.05) is 37.3 Å². The molecule has 1 amide bonds. The number of hydrogen-bond acceptors (Lipinski definition) is 3. The van der Waals surface area contributed by atoms with Gasteiger partial charge in [0.15, 0.2) is 0 Å². The van der Waals surface area contributed by atoms with Crippen LogP contribution < -0.4 is 0 Å². The molecule has 0 N–H and O–H groups in total. The Kier molecular flexibility index (Phi) is 3.86. The van der Waals surface area contributed by atoms with E-state index in [0.29, 0.717) is 11.1 Å². The first-order chi connectivity index (χ1) is 11.1. The van der Waals surface area contributed by atoms with Crippen molar-refractivity contribution in [2.75, 3.05) is 7.05 Å². The van der Waals surface area contributed by atoms with Gasteiger partial charge in [-0.1, -0.05) is 24.3 Å². The summed E-state index contributed by atoms with van der Waals surface area (Å²) in [5.41, 5.74) is 1.77. The van der Waals surface area contributed by atoms with E-state index >= 15 is 0 Å². The van der Waals surface area contributed by atoms with Gasteiger partial charge in [0.05, 0.1) is 17.7 Å². The minimum absolute atomic E-state index is 0.143. The van der Waals surface area contributed by atoms with Gasteiger partial charge in [-0.25, -0.2) is 0 Å². The second-order valence-electron chi connectivity index (χ2n) is 5.47. The molecule has 0 bridgehead atoms. The van der Waals surface area contributed by atoms with E-state index in [4.69, 9.17) is 9.68 Å². The van der Waals surface area contributed by atoms with Crippen molar-refractivity contribution in [3.63, 3.8) is 0 Å². The van der Waals surface area contributed by atoms with Crippen LogP contribution in [-0.4, -0.2) is 17.9 Å². The molecule has 3 aromatic rings. The van der Waals surface area contributed by atoms with Gasteiger partial charge in [0.1, 0.15) is 11.3 Å². The van der Waals surface area contributed by atoms with E-state index in [0.717, 1.165) is 16.7 Å². The Hall–Kier alpha value is -3.06. The van der Waals surface area contributed by atoms with E-state index in [1.54, 1.807) is 36.2 Å². The molecule has 1 heterocycles. The number of amides is 1. The fourth-order valence-corrected chi connectivity index (χ4v) is 2.50. The van der Waals surface area contributed by atoms with E-state index in [9.17, 15) is 4.79 Å². The molecular weight excluding hydrogens is 288 g/mol. The third-order valence-electron chi connectivity index (χ3n) is 4.00. The number of hydrogen-bond donors (Lipinski definition) is 0. The minimum atomic E-state index is -0.208. The number of benzene rings is 2. The quantitative estimate of drug-likeness (QED) is 0.730. The summed E-state index contributed by atoms with van der Waals surface area (Å²) in [6, 6.07) is 18.3. The number of rotatable bonds is 3. The Morgan fingerprint density at radius 2 is 1.96 bits per heavy atom. The summed E-state index contributed by atoms with van der Waals surface area (Å²) in [6.07, 6.45) is 0. The molecule has 0 spiro atoms. The van der Waals surface area contributed by atoms with Gasteiger partial charge in [0.25, 0.3) is 5.91 Å². The number of carbonyl (C=O) groups excluding carboxylic acids is 1. The lowest BCUT2D eigenvalue weighted by molar-refractivity contribution is 0.0727. The molecule has 1 unspecified atom stereocenters. The van der Waals surface area contributed by atoms with Crippen LogP contribution in [-0.2, 0) is 0 Å². The molecule has 3 rings (SSSR count). The largest absolute Gasteiger partial charge is 0.459 e. The van der Waals surface area contributed by atoms with Gasteiger partial charge in [-0.15, -0.1) is 0 Å². The number of carbonyl (C=O) groups is 1. The third-order valence-corrected chi connectivity index (χ3v) is 4.00. The maximum absolute atomic E-state index is 12.6. The van der Waals surface area contributed by atoms with E-state index in [-0.39, 0.29) is 11.9 Å². The molecule has 1 atom stereocenters. The molecule has 4 heteroatoms. The lowest BCUT2D eigenvalue weighted by Gasteiger charge is -2.23. The Bertz CT molecular complexity index is 872. The van der Waals surface area contributed by atoms with Crippen molar-refractivity contribution in [1.29, 1.82) is 5.26 Å². The van der Waals surface area contributed by atoms with E-state index in [2.05, 4.69) is 6.07 Å². The Morgan fingerprint density at radius 1 is 1.17 bits per heavy atom. The van der Waals surface area contributed by atoms with Gasteiger partial charge in [-0.2, -0.15) is 5.26 Å². The van der Waals surface area contributed by atoms with Crippen molar-refractivity contribution >= 4 is 16.9 Å². The first kappa shape index (κ1) is 14.9. The molecule has 0 radical (unpaired) electrons. The predicted octanol–water partition coefficient (Wildman–Crippen LogP) is 4.14. The van der Waals surface area contributed by atoms with Gasteiger partial charge in [-0.3, -0.25) is 4.79 Å². The zero-order valence-electron chi connectivity index (χ0n) is 13.0. The highest BCUT2D eigenvalue weighted by atomic mass is 16.3. The summed E-state index contributed by atoms with van der Waals surface area (Å²) in [5.74, 6) is 0.591. The highest BCUT2D eigenvalue weighted by Gasteiger charge is 2.22. The van der Waals surface area contributed by atoms with Crippen LogP contribution in [0.25, 0.3) is 11.0 Å².